The fourth-order valence-corrected chi connectivity index (χ4v) is 2.51. The van der Waals surface area contributed by atoms with Crippen molar-refractivity contribution >= 4 is 0 Å². The molecular weight excluding hydrogens is 108 g/mol. The highest BCUT2D eigenvalue weighted by Gasteiger charge is 2.44. The summed E-state index contributed by atoms with van der Waals surface area (Å²) in [6, 6.07) is 0. The molecule has 0 aliphatic heterocycles. The molecule has 0 radical (unpaired) electrons. The van der Waals surface area contributed by atoms with Crippen LogP contribution in [0.3, 0.4) is 0 Å². The molecule has 3 fully saturated rings. The molecule has 0 aromatic carbocycles. The van der Waals surface area contributed by atoms with Crippen molar-refractivity contribution in [3.63, 3.8) is 0 Å². The van der Waals surface area contributed by atoms with E-state index in [2.05, 4.69) is 12.7 Å². The molecule has 0 aromatic rings. The molecule has 0 nitrogen and oxygen atoms in total. The van der Waals surface area contributed by atoms with Crippen LogP contribution in [-0.4, -0.2) is 0 Å². The van der Waals surface area contributed by atoms with Crippen LogP contribution in [0.15, 0.2) is 12.7 Å². The van der Waals surface area contributed by atoms with E-state index in [1.54, 1.807) is 0 Å². The molecule has 0 spiro atoms. The second-order valence-electron chi connectivity index (χ2n) is 3.73. The number of hydrogen-bond acceptors (Lipinski definition) is 0. The Morgan fingerprint density at radius 2 is 2.22 bits per heavy atom. The maximum Gasteiger partial charge on any atom is -0.0116 e. The van der Waals surface area contributed by atoms with Gasteiger partial charge in [-0.15, -0.1) is 6.58 Å². The zero-order chi connectivity index (χ0) is 6.32. The van der Waals surface area contributed by atoms with Crippen LogP contribution in [0, 0.1) is 11.3 Å². The van der Waals surface area contributed by atoms with Gasteiger partial charge in [0.2, 0.25) is 0 Å². The summed E-state index contributed by atoms with van der Waals surface area (Å²) in [5.41, 5.74) is 0.628. The van der Waals surface area contributed by atoms with Gasteiger partial charge in [-0.1, -0.05) is 18.9 Å². The number of fused-ring (bicyclic) bond motifs is 2. The first-order valence-electron chi connectivity index (χ1n) is 3.98. The van der Waals surface area contributed by atoms with Gasteiger partial charge in [0, 0.05) is 0 Å². The Hall–Kier alpha value is -0.260. The second kappa shape index (κ2) is 1.62. The SMILES string of the molecule is C=CC12CCCC(C1)C2. The maximum absolute atomic E-state index is 3.89. The van der Waals surface area contributed by atoms with E-state index in [0.717, 1.165) is 5.92 Å². The first-order valence-corrected chi connectivity index (χ1v) is 3.98. The van der Waals surface area contributed by atoms with E-state index in [1.807, 2.05) is 0 Å². The van der Waals surface area contributed by atoms with E-state index in [9.17, 15) is 0 Å². The molecule has 3 saturated carbocycles. The lowest BCUT2D eigenvalue weighted by Gasteiger charge is -2.50. The summed E-state index contributed by atoms with van der Waals surface area (Å²) in [7, 11) is 0. The van der Waals surface area contributed by atoms with Crippen LogP contribution in [0.1, 0.15) is 32.1 Å². The standard InChI is InChI=1S/C9H14/c1-2-9-5-3-4-8(6-9)7-9/h2,8H,1,3-7H2. The van der Waals surface area contributed by atoms with Gasteiger partial charge in [0.15, 0.2) is 0 Å². The van der Waals surface area contributed by atoms with Crippen LogP contribution in [0.5, 0.6) is 0 Å². The first-order chi connectivity index (χ1) is 4.35. The third-order valence-electron chi connectivity index (χ3n) is 3.11. The minimum atomic E-state index is 0.628. The summed E-state index contributed by atoms with van der Waals surface area (Å²) < 4.78 is 0. The van der Waals surface area contributed by atoms with Gasteiger partial charge in [-0.05, 0) is 30.6 Å². The lowest BCUT2D eigenvalue weighted by atomic mass is 9.54. The van der Waals surface area contributed by atoms with E-state index in [0.29, 0.717) is 5.41 Å². The third-order valence-corrected chi connectivity index (χ3v) is 3.11. The van der Waals surface area contributed by atoms with Crippen molar-refractivity contribution in [2.24, 2.45) is 11.3 Å². The Bertz CT molecular complexity index is 123. The highest BCUT2D eigenvalue weighted by Crippen LogP contribution is 2.56. The first kappa shape index (κ1) is 5.52. The molecule has 0 aromatic heterocycles. The van der Waals surface area contributed by atoms with Gasteiger partial charge in [-0.3, -0.25) is 0 Å². The van der Waals surface area contributed by atoms with Crippen molar-refractivity contribution in [3.05, 3.63) is 12.7 Å². The summed E-state index contributed by atoms with van der Waals surface area (Å²) in [6.45, 7) is 3.89. The van der Waals surface area contributed by atoms with Gasteiger partial charge in [0.1, 0.15) is 0 Å². The highest BCUT2D eigenvalue weighted by molar-refractivity contribution is 5.06. The summed E-state index contributed by atoms with van der Waals surface area (Å²) in [6.07, 6.45) is 9.48. The van der Waals surface area contributed by atoms with Gasteiger partial charge in [0.25, 0.3) is 0 Å². The topological polar surface area (TPSA) is 0 Å². The summed E-state index contributed by atoms with van der Waals surface area (Å²) in [5, 5.41) is 0. The lowest BCUT2D eigenvalue weighted by molar-refractivity contribution is 0.0419. The summed E-state index contributed by atoms with van der Waals surface area (Å²) in [4.78, 5) is 0. The molecule has 0 N–H and O–H groups in total. The fourth-order valence-electron chi connectivity index (χ4n) is 2.51. The second-order valence-corrected chi connectivity index (χ2v) is 3.73. The molecule has 0 unspecified atom stereocenters. The molecular formula is C9H14. The van der Waals surface area contributed by atoms with E-state index in [-0.39, 0.29) is 0 Å². The van der Waals surface area contributed by atoms with Crippen molar-refractivity contribution in [2.45, 2.75) is 32.1 Å². The number of hydrogen-bond donors (Lipinski definition) is 0. The average Bonchev–Trinajstić information content (AvgIpc) is 1.88. The molecule has 0 atom stereocenters. The van der Waals surface area contributed by atoms with Gasteiger partial charge in [-0.2, -0.15) is 0 Å². The minimum Gasteiger partial charge on any atom is -0.103 e. The molecule has 3 aliphatic carbocycles. The van der Waals surface area contributed by atoms with Crippen LogP contribution in [0.25, 0.3) is 0 Å². The normalized spacial score (nSPS) is 47.8. The minimum absolute atomic E-state index is 0.628. The smallest absolute Gasteiger partial charge is 0.0116 e. The van der Waals surface area contributed by atoms with Crippen LogP contribution in [-0.2, 0) is 0 Å². The summed E-state index contributed by atoms with van der Waals surface area (Å²) >= 11 is 0. The monoisotopic (exact) mass is 122 g/mol. The van der Waals surface area contributed by atoms with Crippen LogP contribution < -0.4 is 0 Å². The van der Waals surface area contributed by atoms with Crippen molar-refractivity contribution in [1.29, 1.82) is 0 Å². The van der Waals surface area contributed by atoms with Crippen molar-refractivity contribution < 1.29 is 0 Å². The molecule has 9 heavy (non-hydrogen) atoms. The summed E-state index contributed by atoms with van der Waals surface area (Å²) in [5.74, 6) is 1.08. The van der Waals surface area contributed by atoms with Gasteiger partial charge >= 0.3 is 0 Å². The predicted octanol–water partition coefficient (Wildman–Crippen LogP) is 2.75. The molecule has 3 rings (SSSR count). The van der Waals surface area contributed by atoms with Crippen LogP contribution >= 0.6 is 0 Å². The van der Waals surface area contributed by atoms with E-state index < -0.39 is 0 Å². The largest absolute Gasteiger partial charge is 0.103 e. The van der Waals surface area contributed by atoms with Crippen molar-refractivity contribution in [2.75, 3.05) is 0 Å². The Labute approximate surface area is 57.0 Å². The molecule has 3 aliphatic rings. The molecule has 0 heteroatoms. The molecule has 0 saturated heterocycles. The highest BCUT2D eigenvalue weighted by atomic mass is 14.5. The van der Waals surface area contributed by atoms with Crippen LogP contribution in [0.4, 0.5) is 0 Å². The number of allylic oxidation sites excluding steroid dienone is 1. The molecule has 2 bridgehead atoms. The van der Waals surface area contributed by atoms with Gasteiger partial charge < -0.3 is 0 Å². The van der Waals surface area contributed by atoms with Crippen molar-refractivity contribution in [1.82, 2.24) is 0 Å². The van der Waals surface area contributed by atoms with E-state index in [4.69, 9.17) is 0 Å². The third kappa shape index (κ3) is 0.654. The van der Waals surface area contributed by atoms with Crippen LogP contribution in [0.2, 0.25) is 0 Å². The average molecular weight is 122 g/mol. The molecule has 0 heterocycles. The Morgan fingerprint density at radius 1 is 1.44 bits per heavy atom. The Morgan fingerprint density at radius 3 is 2.56 bits per heavy atom. The fraction of sp³-hybridized carbons (Fsp3) is 0.778. The molecule has 50 valence electrons. The van der Waals surface area contributed by atoms with E-state index in [1.165, 1.54) is 32.1 Å². The molecule has 0 amide bonds. The quantitative estimate of drug-likeness (QED) is 0.469. The lowest BCUT2D eigenvalue weighted by Crippen LogP contribution is -2.39. The zero-order valence-electron chi connectivity index (χ0n) is 5.90. The van der Waals surface area contributed by atoms with Gasteiger partial charge in [-0.25, -0.2) is 0 Å². The van der Waals surface area contributed by atoms with Crippen molar-refractivity contribution in [3.8, 4) is 0 Å². The number of rotatable bonds is 1. The predicted molar refractivity (Wildman–Crippen MR) is 39.2 cm³/mol. The Balaban J connectivity index is 2.09. The van der Waals surface area contributed by atoms with E-state index >= 15 is 0 Å². The van der Waals surface area contributed by atoms with Gasteiger partial charge in [0.05, 0.1) is 0 Å². The maximum atomic E-state index is 3.89. The zero-order valence-corrected chi connectivity index (χ0v) is 5.90. The Kier molecular flexibility index (Phi) is 0.992.